The van der Waals surface area contributed by atoms with Crippen LogP contribution in [0.15, 0.2) is 46.2 Å². The Bertz CT molecular complexity index is 726. The third-order valence-electron chi connectivity index (χ3n) is 6.32. The summed E-state index contributed by atoms with van der Waals surface area (Å²) < 4.78 is 0. The number of phenolic OH excluding ortho intramolecular Hbond substituents is 2. The number of phenols is 2. The van der Waals surface area contributed by atoms with Crippen molar-refractivity contribution in [2.45, 2.75) is 85.8 Å². The lowest BCUT2D eigenvalue weighted by Crippen LogP contribution is -2.04. The van der Waals surface area contributed by atoms with Crippen molar-refractivity contribution in [2.75, 3.05) is 0 Å². The molecule has 2 aromatic carbocycles. The van der Waals surface area contributed by atoms with E-state index in [1.807, 2.05) is 24.3 Å². The maximum atomic E-state index is 10.3. The Labute approximate surface area is 176 Å². The molecule has 0 spiro atoms. The van der Waals surface area contributed by atoms with Crippen LogP contribution < -0.4 is 0 Å². The fourth-order valence-electron chi connectivity index (χ4n) is 4.75. The summed E-state index contributed by atoms with van der Waals surface area (Å²) in [4.78, 5) is 2.38. The first-order valence-electron chi connectivity index (χ1n) is 10.7. The van der Waals surface area contributed by atoms with E-state index in [-0.39, 0.29) is 0 Å². The van der Waals surface area contributed by atoms with Gasteiger partial charge in [-0.15, -0.1) is 0 Å². The quantitative estimate of drug-likeness (QED) is 0.486. The smallest absolute Gasteiger partial charge is 0.119 e. The second-order valence-electron chi connectivity index (χ2n) is 8.28. The van der Waals surface area contributed by atoms with Crippen molar-refractivity contribution in [3.63, 3.8) is 0 Å². The average Bonchev–Trinajstić information content (AvgIpc) is 2.75. The van der Waals surface area contributed by atoms with Crippen molar-refractivity contribution in [3.05, 3.63) is 47.5 Å². The van der Waals surface area contributed by atoms with E-state index in [9.17, 15) is 10.2 Å². The molecule has 2 aliphatic carbocycles. The normalized spacial score (nSPS) is 19.0. The van der Waals surface area contributed by atoms with Gasteiger partial charge in [0.05, 0.1) is 0 Å². The molecule has 0 aromatic heterocycles. The van der Waals surface area contributed by atoms with Crippen molar-refractivity contribution >= 4 is 21.6 Å². The first-order valence-corrected chi connectivity index (χ1v) is 12.9. The van der Waals surface area contributed by atoms with Crippen LogP contribution in [0.4, 0.5) is 0 Å². The topological polar surface area (TPSA) is 40.5 Å². The van der Waals surface area contributed by atoms with Gasteiger partial charge in [-0.1, -0.05) is 60.1 Å². The van der Waals surface area contributed by atoms with Gasteiger partial charge in [0.25, 0.3) is 0 Å². The largest absolute Gasteiger partial charge is 0.508 e. The molecule has 28 heavy (non-hydrogen) atoms. The van der Waals surface area contributed by atoms with E-state index in [0.717, 1.165) is 11.1 Å². The molecule has 0 atom stereocenters. The fraction of sp³-hybridized carbons (Fsp3) is 0.500. The van der Waals surface area contributed by atoms with E-state index in [4.69, 9.17) is 0 Å². The van der Waals surface area contributed by atoms with Crippen molar-refractivity contribution in [3.8, 4) is 11.5 Å². The molecule has 2 saturated carbocycles. The van der Waals surface area contributed by atoms with E-state index in [2.05, 4.69) is 12.1 Å². The van der Waals surface area contributed by atoms with E-state index in [1.54, 1.807) is 21.6 Å². The molecule has 4 rings (SSSR count). The molecule has 2 aromatic rings. The Morgan fingerprint density at radius 2 is 0.964 bits per heavy atom. The second-order valence-corrected chi connectivity index (χ2v) is 10.6. The van der Waals surface area contributed by atoms with Crippen LogP contribution in [-0.4, -0.2) is 10.2 Å². The second kappa shape index (κ2) is 9.49. The van der Waals surface area contributed by atoms with Crippen molar-refractivity contribution in [1.29, 1.82) is 0 Å². The average molecular weight is 415 g/mol. The van der Waals surface area contributed by atoms with Gasteiger partial charge in [0.15, 0.2) is 0 Å². The predicted octanol–water partition coefficient (Wildman–Crippen LogP) is 7.99. The Morgan fingerprint density at radius 1 is 0.571 bits per heavy atom. The first-order chi connectivity index (χ1) is 13.7. The highest BCUT2D eigenvalue weighted by molar-refractivity contribution is 8.76. The molecule has 2 N–H and O–H groups in total. The lowest BCUT2D eigenvalue weighted by molar-refractivity contribution is 0.413. The third kappa shape index (κ3) is 4.83. The predicted molar refractivity (Wildman–Crippen MR) is 120 cm³/mol. The van der Waals surface area contributed by atoms with Gasteiger partial charge in [0.1, 0.15) is 11.5 Å². The van der Waals surface area contributed by atoms with Crippen LogP contribution in [0.3, 0.4) is 0 Å². The Balaban J connectivity index is 1.45. The maximum Gasteiger partial charge on any atom is 0.119 e. The molecule has 0 unspecified atom stereocenters. The number of aromatic hydroxyl groups is 2. The summed E-state index contributed by atoms with van der Waals surface area (Å²) in [5.74, 6) is 1.91. The maximum absolute atomic E-state index is 10.3. The highest BCUT2D eigenvalue weighted by Crippen LogP contribution is 2.45. The zero-order valence-corrected chi connectivity index (χ0v) is 18.0. The minimum Gasteiger partial charge on any atom is -0.508 e. The Kier molecular flexibility index (Phi) is 6.79. The molecule has 2 fully saturated rings. The molecular weight excluding hydrogens is 384 g/mol. The van der Waals surface area contributed by atoms with E-state index in [0.29, 0.717) is 23.3 Å². The van der Waals surface area contributed by atoms with Crippen LogP contribution in [0.2, 0.25) is 0 Å². The summed E-state index contributed by atoms with van der Waals surface area (Å²) in [5, 5.41) is 20.7. The van der Waals surface area contributed by atoms with Crippen LogP contribution >= 0.6 is 21.6 Å². The Hall–Kier alpha value is -1.26. The van der Waals surface area contributed by atoms with Gasteiger partial charge < -0.3 is 10.2 Å². The molecule has 150 valence electrons. The van der Waals surface area contributed by atoms with Crippen molar-refractivity contribution in [1.82, 2.24) is 0 Å². The van der Waals surface area contributed by atoms with Crippen LogP contribution in [-0.2, 0) is 0 Å². The van der Waals surface area contributed by atoms with Gasteiger partial charge in [0, 0.05) is 9.79 Å². The van der Waals surface area contributed by atoms with Gasteiger partial charge in [-0.3, -0.25) is 0 Å². The molecule has 2 nitrogen and oxygen atoms in total. The number of rotatable bonds is 5. The van der Waals surface area contributed by atoms with Gasteiger partial charge in [-0.2, -0.15) is 0 Å². The Morgan fingerprint density at radius 3 is 1.36 bits per heavy atom. The molecule has 0 saturated heterocycles. The van der Waals surface area contributed by atoms with Gasteiger partial charge in [-0.05, 0) is 85.0 Å². The van der Waals surface area contributed by atoms with E-state index < -0.39 is 0 Å². The number of benzene rings is 2. The molecular formula is C24H30O2S2. The highest BCUT2D eigenvalue weighted by Gasteiger charge is 2.20. The summed E-state index contributed by atoms with van der Waals surface area (Å²) in [7, 11) is 3.49. The summed E-state index contributed by atoms with van der Waals surface area (Å²) in [5.41, 5.74) is 2.25. The lowest BCUT2D eigenvalue weighted by atomic mass is 9.84. The van der Waals surface area contributed by atoms with Gasteiger partial charge in [0.2, 0.25) is 0 Å². The number of hydrogen-bond acceptors (Lipinski definition) is 4. The minimum atomic E-state index is 0.450. The fourth-order valence-corrected chi connectivity index (χ4v) is 6.74. The molecule has 0 aliphatic heterocycles. The van der Waals surface area contributed by atoms with Gasteiger partial charge in [-0.25, -0.2) is 0 Å². The SMILES string of the molecule is Oc1ccc(SSc2ccc(O)c(C3CCCCC3)c2)cc1C1CCCCC1. The summed E-state index contributed by atoms with van der Waals surface area (Å²) in [6.45, 7) is 0. The monoisotopic (exact) mass is 414 g/mol. The molecule has 0 heterocycles. The molecule has 4 heteroatoms. The summed E-state index contributed by atoms with van der Waals surface area (Å²) >= 11 is 0. The van der Waals surface area contributed by atoms with Crippen LogP contribution in [0.1, 0.15) is 87.2 Å². The van der Waals surface area contributed by atoms with Crippen LogP contribution in [0.25, 0.3) is 0 Å². The standard InChI is InChI=1S/C24H30O2S2/c25-23-13-11-19(15-21(23)17-7-3-1-4-8-17)27-28-20-12-14-24(26)22(16-20)18-9-5-2-6-10-18/h11-18,25-26H,1-10H2. The van der Waals surface area contributed by atoms with Crippen molar-refractivity contribution < 1.29 is 10.2 Å². The van der Waals surface area contributed by atoms with E-state index in [1.165, 1.54) is 74.0 Å². The summed E-state index contributed by atoms with van der Waals surface area (Å²) in [6, 6.07) is 12.1. The zero-order valence-electron chi connectivity index (χ0n) is 16.4. The highest BCUT2D eigenvalue weighted by atomic mass is 33.1. The van der Waals surface area contributed by atoms with Crippen molar-refractivity contribution in [2.24, 2.45) is 0 Å². The van der Waals surface area contributed by atoms with E-state index >= 15 is 0 Å². The molecule has 0 bridgehead atoms. The lowest BCUT2D eigenvalue weighted by Gasteiger charge is -2.23. The van der Waals surface area contributed by atoms with Crippen LogP contribution in [0.5, 0.6) is 11.5 Å². The molecule has 0 amide bonds. The first kappa shape index (κ1) is 20.0. The zero-order chi connectivity index (χ0) is 19.3. The third-order valence-corrected chi connectivity index (χ3v) is 8.70. The summed E-state index contributed by atoms with van der Waals surface area (Å²) in [6.07, 6.45) is 12.5. The van der Waals surface area contributed by atoms with Gasteiger partial charge >= 0.3 is 0 Å². The number of hydrogen-bond donors (Lipinski definition) is 2. The molecule has 2 aliphatic rings. The molecule has 0 radical (unpaired) electrons. The van der Waals surface area contributed by atoms with Crippen LogP contribution in [0, 0.1) is 0 Å². The minimum absolute atomic E-state index is 0.450.